The van der Waals surface area contributed by atoms with Crippen LogP contribution in [0.3, 0.4) is 0 Å². The molecule has 1 unspecified atom stereocenters. The number of carbonyl (C=O) groups is 2. The molecule has 1 aliphatic heterocycles. The molecule has 1 amide bonds. The van der Waals surface area contributed by atoms with Crippen molar-refractivity contribution >= 4 is 23.6 Å². The normalized spacial score (nSPS) is 20.1. The van der Waals surface area contributed by atoms with Crippen LogP contribution in [0.15, 0.2) is 35.4 Å². The van der Waals surface area contributed by atoms with Crippen LogP contribution in [0.1, 0.15) is 24.8 Å². The van der Waals surface area contributed by atoms with Crippen LogP contribution in [-0.2, 0) is 16.1 Å². The Balaban J connectivity index is 1.78. The minimum atomic E-state index is -0.848. The van der Waals surface area contributed by atoms with Gasteiger partial charge in [-0.05, 0) is 42.5 Å². The lowest BCUT2D eigenvalue weighted by Crippen LogP contribution is -2.34. The third-order valence-corrected chi connectivity index (χ3v) is 5.51. The summed E-state index contributed by atoms with van der Waals surface area (Å²) in [5.74, 6) is 0.00224. The number of carbonyl (C=O) groups excluding carboxylic acids is 1. The number of thioether (sulfide) groups is 1. The molecule has 0 radical (unpaired) electrons. The van der Waals surface area contributed by atoms with Crippen LogP contribution in [0, 0.1) is 0 Å². The van der Waals surface area contributed by atoms with Crippen molar-refractivity contribution in [1.82, 2.24) is 4.90 Å². The number of carboxylic acid groups (broad SMARTS) is 1. The van der Waals surface area contributed by atoms with Crippen molar-refractivity contribution in [2.45, 2.75) is 31.2 Å². The minimum absolute atomic E-state index is 0.00778. The molecule has 0 saturated carbocycles. The molecular weight excluding hydrogens is 314 g/mol. The molecule has 0 saturated heterocycles. The van der Waals surface area contributed by atoms with Crippen LogP contribution in [0.5, 0.6) is 5.75 Å². The van der Waals surface area contributed by atoms with Gasteiger partial charge in [0.05, 0.1) is 12.9 Å². The first kappa shape index (κ1) is 15.9. The summed E-state index contributed by atoms with van der Waals surface area (Å²) < 4.78 is 5.15. The highest BCUT2D eigenvalue weighted by atomic mass is 32.2. The molecule has 0 fully saturated rings. The van der Waals surface area contributed by atoms with Crippen molar-refractivity contribution in [2.24, 2.45) is 0 Å². The quantitative estimate of drug-likeness (QED) is 0.867. The Hall–Kier alpha value is -1.95. The second kappa shape index (κ2) is 6.66. The van der Waals surface area contributed by atoms with E-state index in [-0.39, 0.29) is 17.0 Å². The van der Waals surface area contributed by atoms with Crippen LogP contribution in [-0.4, -0.2) is 40.1 Å². The van der Waals surface area contributed by atoms with Gasteiger partial charge in [-0.3, -0.25) is 9.59 Å². The maximum Gasteiger partial charge on any atom is 0.313 e. The van der Waals surface area contributed by atoms with Gasteiger partial charge in [0, 0.05) is 12.1 Å². The number of likely N-dealkylation sites (tertiary alicyclic amines) is 1. The Morgan fingerprint density at radius 1 is 1.35 bits per heavy atom. The minimum Gasteiger partial charge on any atom is -0.497 e. The van der Waals surface area contributed by atoms with Gasteiger partial charge >= 0.3 is 5.97 Å². The van der Waals surface area contributed by atoms with E-state index in [1.807, 2.05) is 24.3 Å². The number of aliphatic carboxylic acids is 1. The molecule has 6 heteroatoms. The maximum atomic E-state index is 12.7. The monoisotopic (exact) mass is 333 g/mol. The molecule has 5 nitrogen and oxygen atoms in total. The predicted octanol–water partition coefficient (Wildman–Crippen LogP) is 2.66. The van der Waals surface area contributed by atoms with E-state index >= 15 is 0 Å². The number of hydrogen-bond donors (Lipinski definition) is 1. The highest BCUT2D eigenvalue weighted by molar-refractivity contribution is 8.00. The molecule has 122 valence electrons. The standard InChI is InChI=1S/C17H19NO4S/c1-22-12-7-5-11(6-8-12)9-18-16(21)13-3-2-4-14(13)17(18)23-10-15(19)20/h5-8,17H,2-4,9-10H2,1H3,(H,19,20). The van der Waals surface area contributed by atoms with E-state index in [4.69, 9.17) is 9.84 Å². The largest absolute Gasteiger partial charge is 0.497 e. The van der Waals surface area contributed by atoms with E-state index in [2.05, 4.69) is 0 Å². The molecule has 1 aromatic carbocycles. The van der Waals surface area contributed by atoms with Crippen LogP contribution in [0.2, 0.25) is 0 Å². The van der Waals surface area contributed by atoms with E-state index in [1.165, 1.54) is 11.8 Å². The van der Waals surface area contributed by atoms with Gasteiger partial charge in [-0.15, -0.1) is 11.8 Å². The van der Waals surface area contributed by atoms with Gasteiger partial charge in [-0.25, -0.2) is 0 Å². The zero-order chi connectivity index (χ0) is 16.4. The van der Waals surface area contributed by atoms with Gasteiger partial charge in [0.25, 0.3) is 5.91 Å². The van der Waals surface area contributed by atoms with Crippen molar-refractivity contribution < 1.29 is 19.4 Å². The molecule has 0 bridgehead atoms. The van der Waals surface area contributed by atoms with E-state index in [0.717, 1.165) is 41.7 Å². The molecule has 1 aliphatic carbocycles. The summed E-state index contributed by atoms with van der Waals surface area (Å²) in [6.45, 7) is 0.493. The summed E-state index contributed by atoms with van der Waals surface area (Å²) in [4.78, 5) is 25.4. The second-order valence-electron chi connectivity index (χ2n) is 5.70. The lowest BCUT2D eigenvalue weighted by atomic mass is 10.2. The third-order valence-electron chi connectivity index (χ3n) is 4.24. The highest BCUT2D eigenvalue weighted by Gasteiger charge is 2.41. The maximum absolute atomic E-state index is 12.7. The summed E-state index contributed by atoms with van der Waals surface area (Å²) in [7, 11) is 1.62. The Morgan fingerprint density at radius 2 is 2.09 bits per heavy atom. The van der Waals surface area contributed by atoms with Gasteiger partial charge in [0.15, 0.2) is 0 Å². The smallest absolute Gasteiger partial charge is 0.313 e. The Morgan fingerprint density at radius 3 is 2.74 bits per heavy atom. The van der Waals surface area contributed by atoms with Crippen molar-refractivity contribution in [3.8, 4) is 5.75 Å². The van der Waals surface area contributed by atoms with E-state index < -0.39 is 5.97 Å². The number of benzene rings is 1. The summed E-state index contributed by atoms with van der Waals surface area (Å²) in [6, 6.07) is 7.62. The Labute approximate surface area is 139 Å². The van der Waals surface area contributed by atoms with Crippen LogP contribution in [0.25, 0.3) is 0 Å². The summed E-state index contributed by atoms with van der Waals surface area (Å²) in [5, 5.41) is 8.82. The molecular formula is C17H19NO4S. The highest BCUT2D eigenvalue weighted by Crippen LogP contribution is 2.43. The molecule has 23 heavy (non-hydrogen) atoms. The molecule has 1 aromatic rings. The fourth-order valence-corrected chi connectivity index (χ4v) is 4.29. The first-order valence-corrected chi connectivity index (χ1v) is 8.64. The Bertz CT molecular complexity index is 653. The fourth-order valence-electron chi connectivity index (χ4n) is 3.17. The average molecular weight is 333 g/mol. The molecule has 1 N–H and O–H groups in total. The van der Waals surface area contributed by atoms with Gasteiger partial charge < -0.3 is 14.7 Å². The number of carboxylic acids is 1. The number of nitrogens with zero attached hydrogens (tertiary/aromatic N) is 1. The average Bonchev–Trinajstić information content (AvgIpc) is 3.10. The van der Waals surface area contributed by atoms with E-state index in [9.17, 15) is 9.59 Å². The first-order chi connectivity index (χ1) is 11.1. The lowest BCUT2D eigenvalue weighted by Gasteiger charge is -2.27. The molecule has 1 atom stereocenters. The SMILES string of the molecule is COc1ccc(CN2C(=O)C3=C(CCC3)C2SCC(=O)O)cc1. The van der Waals surface area contributed by atoms with Crippen LogP contribution < -0.4 is 4.74 Å². The van der Waals surface area contributed by atoms with Crippen LogP contribution >= 0.6 is 11.8 Å². The predicted molar refractivity (Wildman–Crippen MR) is 88.3 cm³/mol. The van der Waals surface area contributed by atoms with Crippen molar-refractivity contribution in [3.63, 3.8) is 0 Å². The number of methoxy groups -OCH3 is 1. The number of rotatable bonds is 6. The zero-order valence-corrected chi connectivity index (χ0v) is 13.8. The topological polar surface area (TPSA) is 66.8 Å². The van der Waals surface area contributed by atoms with Gasteiger partial charge in [-0.1, -0.05) is 12.1 Å². The molecule has 2 aliphatic rings. The summed E-state index contributed by atoms with van der Waals surface area (Å²) in [6.07, 6.45) is 2.71. The molecule has 0 aromatic heterocycles. The number of hydrogen-bond acceptors (Lipinski definition) is 4. The van der Waals surface area contributed by atoms with Crippen molar-refractivity contribution in [3.05, 3.63) is 41.0 Å². The number of amides is 1. The van der Waals surface area contributed by atoms with Crippen molar-refractivity contribution in [1.29, 1.82) is 0 Å². The number of ether oxygens (including phenoxy) is 1. The van der Waals surface area contributed by atoms with Crippen molar-refractivity contribution in [2.75, 3.05) is 12.9 Å². The molecule has 3 rings (SSSR count). The molecule has 0 spiro atoms. The zero-order valence-electron chi connectivity index (χ0n) is 12.9. The van der Waals surface area contributed by atoms with E-state index in [1.54, 1.807) is 12.0 Å². The fraction of sp³-hybridized carbons (Fsp3) is 0.412. The van der Waals surface area contributed by atoms with Crippen LogP contribution in [0.4, 0.5) is 0 Å². The third kappa shape index (κ3) is 3.22. The van der Waals surface area contributed by atoms with Gasteiger partial charge in [-0.2, -0.15) is 0 Å². The summed E-state index contributed by atoms with van der Waals surface area (Å²) in [5.41, 5.74) is 3.05. The van der Waals surface area contributed by atoms with E-state index in [0.29, 0.717) is 6.54 Å². The second-order valence-corrected chi connectivity index (χ2v) is 6.76. The summed E-state index contributed by atoms with van der Waals surface area (Å²) >= 11 is 1.33. The van der Waals surface area contributed by atoms with Gasteiger partial charge in [0.2, 0.25) is 0 Å². The lowest BCUT2D eigenvalue weighted by molar-refractivity contribution is -0.134. The first-order valence-electron chi connectivity index (χ1n) is 7.59. The van der Waals surface area contributed by atoms with Gasteiger partial charge in [0.1, 0.15) is 11.1 Å². The Kier molecular flexibility index (Phi) is 4.61. The molecule has 1 heterocycles.